The Morgan fingerprint density at radius 3 is 2.34 bits per heavy atom. The van der Waals surface area contributed by atoms with Gasteiger partial charge in [-0.3, -0.25) is 9.69 Å². The van der Waals surface area contributed by atoms with E-state index in [1.54, 1.807) is 14.2 Å². The number of ether oxygens (including phenoxy) is 2. The summed E-state index contributed by atoms with van der Waals surface area (Å²) in [5.74, 6) is 1.03. The minimum Gasteiger partial charge on any atom is -0.493 e. The van der Waals surface area contributed by atoms with Crippen molar-refractivity contribution in [3.05, 3.63) is 94.3 Å². The zero-order chi connectivity index (χ0) is 24.9. The summed E-state index contributed by atoms with van der Waals surface area (Å²) in [5, 5.41) is 3.29. The quantitative estimate of drug-likeness (QED) is 0.469. The van der Waals surface area contributed by atoms with Gasteiger partial charge in [-0.1, -0.05) is 36.8 Å². The molecule has 4 rings (SSSR count). The summed E-state index contributed by atoms with van der Waals surface area (Å²) in [4.78, 5) is 15.6. The van der Waals surface area contributed by atoms with E-state index in [0.29, 0.717) is 23.6 Å². The molecule has 0 aromatic heterocycles. The van der Waals surface area contributed by atoms with E-state index in [4.69, 9.17) is 9.47 Å². The number of carbonyl (C=O) groups excluding carboxylic acids is 1. The summed E-state index contributed by atoms with van der Waals surface area (Å²) >= 11 is 0. The molecule has 0 fully saturated rings. The molecule has 1 amide bonds. The highest BCUT2D eigenvalue weighted by atomic mass is 19.1. The highest BCUT2D eigenvalue weighted by molar-refractivity contribution is 5.94. The van der Waals surface area contributed by atoms with Crippen LogP contribution in [-0.2, 0) is 13.0 Å². The molecule has 0 radical (unpaired) electrons. The highest BCUT2D eigenvalue weighted by Gasteiger charge is 2.35. The van der Waals surface area contributed by atoms with Crippen molar-refractivity contribution in [2.75, 3.05) is 20.8 Å². The molecule has 184 valence electrons. The fraction of sp³-hybridized carbons (Fsp3) is 0.345. The van der Waals surface area contributed by atoms with Crippen LogP contribution in [-0.4, -0.2) is 37.6 Å². The molecule has 6 heteroatoms. The first-order chi connectivity index (χ1) is 16.9. The van der Waals surface area contributed by atoms with E-state index in [1.165, 1.54) is 17.7 Å². The molecule has 3 aromatic rings. The van der Waals surface area contributed by atoms with Crippen LogP contribution in [0.25, 0.3) is 0 Å². The van der Waals surface area contributed by atoms with Gasteiger partial charge in [-0.2, -0.15) is 0 Å². The monoisotopic (exact) mass is 476 g/mol. The van der Waals surface area contributed by atoms with Gasteiger partial charge in [-0.15, -0.1) is 0 Å². The molecule has 1 aliphatic heterocycles. The van der Waals surface area contributed by atoms with Crippen LogP contribution >= 0.6 is 0 Å². The third kappa shape index (κ3) is 5.49. The molecule has 0 saturated carbocycles. The normalized spacial score (nSPS) is 16.3. The third-order valence-electron chi connectivity index (χ3n) is 6.78. The number of nitrogens with zero attached hydrogens (tertiary/aromatic N) is 1. The second-order valence-corrected chi connectivity index (χ2v) is 9.05. The van der Waals surface area contributed by atoms with E-state index in [0.717, 1.165) is 36.1 Å². The first-order valence-corrected chi connectivity index (χ1v) is 12.0. The lowest BCUT2D eigenvalue weighted by Gasteiger charge is -2.42. The highest BCUT2D eigenvalue weighted by Crippen LogP contribution is 2.40. The molecule has 0 saturated heterocycles. The average molecular weight is 477 g/mol. The van der Waals surface area contributed by atoms with Gasteiger partial charge in [0.05, 0.1) is 20.3 Å². The van der Waals surface area contributed by atoms with Crippen molar-refractivity contribution < 1.29 is 18.7 Å². The van der Waals surface area contributed by atoms with Crippen LogP contribution in [0.4, 0.5) is 4.39 Å². The Morgan fingerprint density at radius 2 is 1.71 bits per heavy atom. The fourth-order valence-corrected chi connectivity index (χ4v) is 4.86. The van der Waals surface area contributed by atoms with E-state index in [-0.39, 0.29) is 23.8 Å². The molecule has 0 aliphatic carbocycles. The van der Waals surface area contributed by atoms with Crippen molar-refractivity contribution in [2.24, 2.45) is 0 Å². The van der Waals surface area contributed by atoms with Gasteiger partial charge in [0.1, 0.15) is 5.82 Å². The molecule has 0 spiro atoms. The lowest BCUT2D eigenvalue weighted by atomic mass is 9.86. The average Bonchev–Trinajstić information content (AvgIpc) is 2.88. The number of aryl methyl sites for hydroxylation is 1. The number of amides is 1. The van der Waals surface area contributed by atoms with Crippen molar-refractivity contribution in [1.29, 1.82) is 0 Å². The van der Waals surface area contributed by atoms with Crippen molar-refractivity contribution in [3.8, 4) is 11.5 Å². The number of rotatable bonds is 8. The van der Waals surface area contributed by atoms with E-state index >= 15 is 0 Å². The van der Waals surface area contributed by atoms with Crippen LogP contribution in [0.3, 0.4) is 0 Å². The number of nitrogens with one attached hydrogen (secondary N) is 1. The smallest absolute Gasteiger partial charge is 0.251 e. The van der Waals surface area contributed by atoms with E-state index in [2.05, 4.69) is 17.1 Å². The van der Waals surface area contributed by atoms with Crippen molar-refractivity contribution >= 4 is 5.91 Å². The van der Waals surface area contributed by atoms with Gasteiger partial charge in [0.25, 0.3) is 5.91 Å². The number of methoxy groups -OCH3 is 2. The number of carbonyl (C=O) groups is 1. The minimum atomic E-state index is -0.247. The minimum absolute atomic E-state index is 0.0805. The van der Waals surface area contributed by atoms with E-state index in [1.807, 2.05) is 55.5 Å². The predicted molar refractivity (Wildman–Crippen MR) is 136 cm³/mol. The number of hydrogen-bond acceptors (Lipinski definition) is 4. The molecule has 35 heavy (non-hydrogen) atoms. The summed E-state index contributed by atoms with van der Waals surface area (Å²) in [6.45, 7) is 5.55. The largest absolute Gasteiger partial charge is 0.493 e. The lowest BCUT2D eigenvalue weighted by molar-refractivity contribution is 0.0859. The Hall–Kier alpha value is -3.38. The van der Waals surface area contributed by atoms with E-state index < -0.39 is 0 Å². The molecule has 2 unspecified atom stereocenters. The zero-order valence-corrected chi connectivity index (χ0v) is 20.8. The Labute approximate surface area is 206 Å². The van der Waals surface area contributed by atoms with Gasteiger partial charge in [0, 0.05) is 24.7 Å². The maximum atomic E-state index is 13.5. The van der Waals surface area contributed by atoms with Crippen LogP contribution in [0.2, 0.25) is 0 Å². The van der Waals surface area contributed by atoms with Crippen LogP contribution in [0.5, 0.6) is 11.5 Å². The standard InChI is InChI=1S/C29H33FN2O3/c1-5-25(31-29(33)21-10-6-19(2)7-11-21)28-24-17-27(35-4)26(34-3)16-22(24)14-15-32(28)18-20-8-12-23(30)13-9-20/h6-13,16-17,25,28H,5,14-15,18H2,1-4H3,(H,31,33). The van der Waals surface area contributed by atoms with Crippen molar-refractivity contribution in [2.45, 2.75) is 45.3 Å². The topological polar surface area (TPSA) is 50.8 Å². The molecule has 5 nitrogen and oxygen atoms in total. The zero-order valence-electron chi connectivity index (χ0n) is 20.8. The molecular weight excluding hydrogens is 443 g/mol. The Balaban J connectivity index is 1.71. The Bertz CT molecular complexity index is 1160. The lowest BCUT2D eigenvalue weighted by Crippen LogP contribution is -2.48. The molecular formula is C29H33FN2O3. The number of benzene rings is 3. The SMILES string of the molecule is CCC(NC(=O)c1ccc(C)cc1)C1c2cc(OC)c(OC)cc2CCN1Cc1ccc(F)cc1. The molecule has 2 atom stereocenters. The number of hydrogen-bond donors (Lipinski definition) is 1. The van der Waals surface area contributed by atoms with Gasteiger partial charge < -0.3 is 14.8 Å². The number of fused-ring (bicyclic) bond motifs is 1. The van der Waals surface area contributed by atoms with Crippen molar-refractivity contribution in [1.82, 2.24) is 10.2 Å². The molecule has 1 aliphatic rings. The van der Waals surface area contributed by atoms with E-state index in [9.17, 15) is 9.18 Å². The van der Waals surface area contributed by atoms with Crippen molar-refractivity contribution in [3.63, 3.8) is 0 Å². The fourth-order valence-electron chi connectivity index (χ4n) is 4.86. The van der Waals surface area contributed by atoms with Gasteiger partial charge in [0.15, 0.2) is 11.5 Å². The number of halogens is 1. The van der Waals surface area contributed by atoms with Gasteiger partial charge in [-0.25, -0.2) is 4.39 Å². The van der Waals surface area contributed by atoms with Gasteiger partial charge >= 0.3 is 0 Å². The maximum absolute atomic E-state index is 13.5. The first-order valence-electron chi connectivity index (χ1n) is 12.0. The Kier molecular flexibility index (Phi) is 7.71. The van der Waals surface area contributed by atoms with Crippen LogP contribution in [0.15, 0.2) is 60.7 Å². The molecule has 1 N–H and O–H groups in total. The maximum Gasteiger partial charge on any atom is 0.251 e. The summed E-state index contributed by atoms with van der Waals surface area (Å²) in [6.07, 6.45) is 1.59. The van der Waals surface area contributed by atoms with Gasteiger partial charge in [-0.05, 0) is 72.9 Å². The first kappa shape index (κ1) is 24.7. The van der Waals surface area contributed by atoms with Crippen LogP contribution in [0.1, 0.15) is 52.0 Å². The molecule has 0 bridgehead atoms. The Morgan fingerprint density at radius 1 is 1.06 bits per heavy atom. The second kappa shape index (κ2) is 10.9. The van der Waals surface area contributed by atoms with Gasteiger partial charge in [0.2, 0.25) is 0 Å². The third-order valence-corrected chi connectivity index (χ3v) is 6.78. The summed E-state index contributed by atoms with van der Waals surface area (Å²) in [5.41, 5.74) is 5.09. The summed E-state index contributed by atoms with van der Waals surface area (Å²) in [6, 6.07) is 18.1. The molecule has 3 aromatic carbocycles. The summed E-state index contributed by atoms with van der Waals surface area (Å²) < 4.78 is 24.7. The van der Waals surface area contributed by atoms with Crippen LogP contribution in [0, 0.1) is 12.7 Å². The van der Waals surface area contributed by atoms with Crippen LogP contribution < -0.4 is 14.8 Å². The molecule has 1 heterocycles. The second-order valence-electron chi connectivity index (χ2n) is 9.05. The summed E-state index contributed by atoms with van der Waals surface area (Å²) in [7, 11) is 3.27. The predicted octanol–water partition coefficient (Wildman–Crippen LogP) is 5.46.